The summed E-state index contributed by atoms with van der Waals surface area (Å²) in [6, 6.07) is 11.7. The first kappa shape index (κ1) is 18.3. The molecular weight excluding hydrogens is 346 g/mol. The minimum absolute atomic E-state index is 0.380. The average Bonchev–Trinajstić information content (AvgIpc) is 2.62. The summed E-state index contributed by atoms with van der Waals surface area (Å²) in [7, 11) is 2.97. The van der Waals surface area contributed by atoms with Crippen molar-refractivity contribution in [3.8, 4) is 11.5 Å². The molecule has 0 atom stereocenters. The van der Waals surface area contributed by atoms with E-state index < -0.39 is 11.8 Å². The third-order valence-electron chi connectivity index (χ3n) is 3.12. The van der Waals surface area contributed by atoms with Crippen molar-refractivity contribution in [3.63, 3.8) is 0 Å². The monoisotopic (exact) mass is 361 g/mol. The molecule has 2 rings (SSSR count). The summed E-state index contributed by atoms with van der Waals surface area (Å²) in [5, 5.41) is 6.68. The van der Waals surface area contributed by atoms with Gasteiger partial charge in [0.15, 0.2) is 0 Å². The first-order valence-corrected chi connectivity index (χ1v) is 7.54. The van der Waals surface area contributed by atoms with Gasteiger partial charge in [0.2, 0.25) is 0 Å². The number of rotatable bonds is 5. The second-order valence-corrected chi connectivity index (χ2v) is 5.18. The summed E-state index contributed by atoms with van der Waals surface area (Å²) in [4.78, 5) is 23.7. The van der Waals surface area contributed by atoms with Crippen molar-refractivity contribution in [2.45, 2.75) is 0 Å². The molecule has 7 nitrogen and oxygen atoms in total. The summed E-state index contributed by atoms with van der Waals surface area (Å²) in [5.74, 6) is -0.834. The highest BCUT2D eigenvalue weighted by atomic mass is 35.5. The van der Waals surface area contributed by atoms with Crippen molar-refractivity contribution < 1.29 is 19.1 Å². The fourth-order valence-corrected chi connectivity index (χ4v) is 2.12. The van der Waals surface area contributed by atoms with Gasteiger partial charge in [-0.05, 0) is 30.3 Å². The van der Waals surface area contributed by atoms with Gasteiger partial charge in [0.1, 0.15) is 11.5 Å². The smallest absolute Gasteiger partial charge is 0.329 e. The van der Waals surface area contributed by atoms with Crippen molar-refractivity contribution in [1.29, 1.82) is 0 Å². The highest BCUT2D eigenvalue weighted by Gasteiger charge is 2.15. The average molecular weight is 362 g/mol. The Hall–Kier alpha value is -3.06. The highest BCUT2D eigenvalue weighted by Crippen LogP contribution is 2.23. The summed E-state index contributed by atoms with van der Waals surface area (Å²) in [6.45, 7) is 0. The maximum Gasteiger partial charge on any atom is 0.329 e. The number of ether oxygens (including phenoxy) is 2. The molecule has 8 heteroatoms. The number of amides is 2. The number of anilines is 1. The Morgan fingerprint density at radius 1 is 1.04 bits per heavy atom. The minimum Gasteiger partial charge on any atom is -0.496 e. The van der Waals surface area contributed by atoms with E-state index in [1.54, 1.807) is 42.5 Å². The molecule has 0 saturated carbocycles. The summed E-state index contributed by atoms with van der Waals surface area (Å²) >= 11 is 5.90. The van der Waals surface area contributed by atoms with Crippen LogP contribution in [-0.4, -0.2) is 32.2 Å². The van der Waals surface area contributed by atoms with Gasteiger partial charge in [0.05, 0.1) is 26.1 Å². The van der Waals surface area contributed by atoms with Crippen molar-refractivity contribution >= 4 is 35.3 Å². The highest BCUT2D eigenvalue weighted by molar-refractivity contribution is 6.39. The zero-order chi connectivity index (χ0) is 18.2. The van der Waals surface area contributed by atoms with E-state index in [1.807, 2.05) is 0 Å². The number of hydrogen-bond acceptors (Lipinski definition) is 5. The fraction of sp³-hybridized carbons (Fsp3) is 0.118. The molecule has 2 aromatic rings. The van der Waals surface area contributed by atoms with Gasteiger partial charge in [-0.15, -0.1) is 0 Å². The SMILES string of the molecule is COc1ccc(Cl)cc1/C=N\NC(=O)C(=O)Nc1ccccc1OC. The summed E-state index contributed by atoms with van der Waals surface area (Å²) < 4.78 is 10.3. The number of para-hydroxylation sites is 2. The lowest BCUT2D eigenvalue weighted by atomic mass is 10.2. The predicted octanol–water partition coefficient (Wildman–Crippen LogP) is 2.45. The van der Waals surface area contributed by atoms with Gasteiger partial charge in [0.25, 0.3) is 0 Å². The first-order valence-electron chi connectivity index (χ1n) is 7.16. The number of carbonyl (C=O) groups excluding carboxylic acids is 2. The van der Waals surface area contributed by atoms with Crippen LogP contribution in [0.25, 0.3) is 0 Å². The molecule has 0 aliphatic carbocycles. The van der Waals surface area contributed by atoms with E-state index >= 15 is 0 Å². The largest absolute Gasteiger partial charge is 0.496 e. The van der Waals surface area contributed by atoms with Gasteiger partial charge in [-0.2, -0.15) is 5.10 Å². The molecule has 0 saturated heterocycles. The van der Waals surface area contributed by atoms with Crippen LogP contribution in [0.2, 0.25) is 5.02 Å². The molecule has 0 spiro atoms. The molecule has 130 valence electrons. The Morgan fingerprint density at radius 2 is 1.76 bits per heavy atom. The zero-order valence-corrected chi connectivity index (χ0v) is 14.3. The predicted molar refractivity (Wildman–Crippen MR) is 95.4 cm³/mol. The molecule has 0 aromatic heterocycles. The number of nitrogens with one attached hydrogen (secondary N) is 2. The molecule has 0 fully saturated rings. The quantitative estimate of drug-likeness (QED) is 0.486. The Kier molecular flexibility index (Phi) is 6.36. The third kappa shape index (κ3) is 4.95. The van der Waals surface area contributed by atoms with Crippen LogP contribution in [0.1, 0.15) is 5.56 Å². The van der Waals surface area contributed by atoms with Crippen LogP contribution in [0.3, 0.4) is 0 Å². The number of nitrogens with zero attached hydrogens (tertiary/aromatic N) is 1. The minimum atomic E-state index is -0.928. The molecule has 2 N–H and O–H groups in total. The van der Waals surface area contributed by atoms with Crippen LogP contribution in [-0.2, 0) is 9.59 Å². The standard InChI is InChI=1S/C17H16ClN3O4/c1-24-14-8-7-12(18)9-11(14)10-19-21-17(23)16(22)20-13-5-3-4-6-15(13)25-2/h3-10H,1-2H3,(H,20,22)(H,21,23)/b19-10-. The van der Waals surface area contributed by atoms with Gasteiger partial charge in [-0.3, -0.25) is 9.59 Å². The topological polar surface area (TPSA) is 89.0 Å². The molecular formula is C17H16ClN3O4. The molecule has 25 heavy (non-hydrogen) atoms. The van der Waals surface area contributed by atoms with Gasteiger partial charge in [0, 0.05) is 10.6 Å². The van der Waals surface area contributed by atoms with Gasteiger partial charge < -0.3 is 14.8 Å². The summed E-state index contributed by atoms with van der Waals surface area (Å²) in [5.41, 5.74) is 3.07. The van der Waals surface area contributed by atoms with E-state index in [-0.39, 0.29) is 0 Å². The van der Waals surface area contributed by atoms with Gasteiger partial charge in [-0.25, -0.2) is 5.43 Å². The molecule has 0 aliphatic rings. The number of carbonyl (C=O) groups is 2. The van der Waals surface area contributed by atoms with E-state index in [4.69, 9.17) is 21.1 Å². The van der Waals surface area contributed by atoms with Gasteiger partial charge >= 0.3 is 11.8 Å². The lowest BCUT2D eigenvalue weighted by molar-refractivity contribution is -0.136. The van der Waals surface area contributed by atoms with E-state index in [0.717, 1.165) is 0 Å². The number of hydrogen-bond donors (Lipinski definition) is 2. The molecule has 2 amide bonds. The number of hydrazone groups is 1. The zero-order valence-electron chi connectivity index (χ0n) is 13.6. The van der Waals surface area contributed by atoms with Crippen LogP contribution in [0, 0.1) is 0 Å². The Labute approximate surface area is 149 Å². The van der Waals surface area contributed by atoms with Crippen molar-refractivity contribution in [2.75, 3.05) is 19.5 Å². The van der Waals surface area contributed by atoms with Crippen molar-refractivity contribution in [1.82, 2.24) is 5.43 Å². The van der Waals surface area contributed by atoms with Crippen molar-refractivity contribution in [3.05, 3.63) is 53.1 Å². The van der Waals surface area contributed by atoms with E-state index in [0.29, 0.717) is 27.8 Å². The van der Waals surface area contributed by atoms with Crippen molar-refractivity contribution in [2.24, 2.45) is 5.10 Å². The number of halogens is 1. The maximum atomic E-state index is 11.9. The normalized spacial score (nSPS) is 10.4. The molecule has 0 aliphatic heterocycles. The van der Waals surface area contributed by atoms with Gasteiger partial charge in [-0.1, -0.05) is 23.7 Å². The molecule has 0 radical (unpaired) electrons. The number of benzene rings is 2. The van der Waals surface area contributed by atoms with Crippen LogP contribution in [0.15, 0.2) is 47.6 Å². The van der Waals surface area contributed by atoms with Crippen LogP contribution in [0.4, 0.5) is 5.69 Å². The second-order valence-electron chi connectivity index (χ2n) is 4.74. The van der Waals surface area contributed by atoms with E-state index in [2.05, 4.69) is 15.8 Å². The third-order valence-corrected chi connectivity index (χ3v) is 3.36. The van der Waals surface area contributed by atoms with Crippen LogP contribution < -0.4 is 20.2 Å². The van der Waals surface area contributed by atoms with E-state index in [9.17, 15) is 9.59 Å². The molecule has 0 heterocycles. The summed E-state index contributed by atoms with van der Waals surface area (Å²) in [6.07, 6.45) is 1.33. The molecule has 0 bridgehead atoms. The Morgan fingerprint density at radius 3 is 2.48 bits per heavy atom. The maximum absolute atomic E-state index is 11.9. The Balaban J connectivity index is 2.00. The van der Waals surface area contributed by atoms with E-state index in [1.165, 1.54) is 20.4 Å². The lowest BCUT2D eigenvalue weighted by Gasteiger charge is -2.08. The van der Waals surface area contributed by atoms with Crippen LogP contribution >= 0.6 is 11.6 Å². The van der Waals surface area contributed by atoms with Crippen LogP contribution in [0.5, 0.6) is 11.5 Å². The Bertz CT molecular complexity index is 808. The number of methoxy groups -OCH3 is 2. The molecule has 2 aromatic carbocycles. The first-order chi connectivity index (χ1) is 12.0. The molecule has 0 unspecified atom stereocenters. The lowest BCUT2D eigenvalue weighted by Crippen LogP contribution is -2.32. The second kappa shape index (κ2) is 8.70. The fourth-order valence-electron chi connectivity index (χ4n) is 1.94.